The zero-order valence-corrected chi connectivity index (χ0v) is 13.7. The van der Waals surface area contributed by atoms with Crippen LogP contribution in [0.2, 0.25) is 0 Å². The minimum atomic E-state index is -0.263. The molecule has 0 spiro atoms. The van der Waals surface area contributed by atoms with Crippen LogP contribution in [0.25, 0.3) is 0 Å². The second kappa shape index (κ2) is 7.59. The number of ether oxygens (including phenoxy) is 1. The molecule has 5 nitrogen and oxygen atoms in total. The third-order valence-electron chi connectivity index (χ3n) is 4.28. The van der Waals surface area contributed by atoms with Crippen molar-refractivity contribution in [2.45, 2.75) is 12.6 Å². The van der Waals surface area contributed by atoms with Gasteiger partial charge in [-0.1, -0.05) is 12.1 Å². The fraction of sp³-hybridized carbons (Fsp3) is 0.389. The van der Waals surface area contributed by atoms with Gasteiger partial charge in [-0.3, -0.25) is 9.69 Å². The fourth-order valence-corrected chi connectivity index (χ4v) is 3.19. The number of rotatable bonds is 6. The Morgan fingerprint density at radius 1 is 1.33 bits per heavy atom. The topological polar surface area (TPSA) is 46.5 Å². The molecule has 1 aromatic carbocycles. The Hall–Kier alpha value is -2.18. The molecule has 0 saturated carbocycles. The lowest BCUT2D eigenvalue weighted by atomic mass is 10.00. The average Bonchev–Trinajstić information content (AvgIpc) is 3.03. The molecule has 6 heteroatoms. The number of carbonyl (C=O) groups is 1. The predicted octanol–water partition coefficient (Wildman–Crippen LogP) is 1.79. The van der Waals surface area contributed by atoms with Crippen molar-refractivity contribution < 1.29 is 13.9 Å². The lowest BCUT2D eigenvalue weighted by Crippen LogP contribution is -2.44. The van der Waals surface area contributed by atoms with Crippen molar-refractivity contribution in [3.63, 3.8) is 0 Å². The highest BCUT2D eigenvalue weighted by atomic mass is 19.1. The van der Waals surface area contributed by atoms with E-state index < -0.39 is 0 Å². The van der Waals surface area contributed by atoms with Gasteiger partial charge in [0.05, 0.1) is 19.2 Å². The van der Waals surface area contributed by atoms with Crippen LogP contribution in [-0.4, -0.2) is 48.7 Å². The van der Waals surface area contributed by atoms with E-state index in [-0.39, 0.29) is 24.3 Å². The number of benzene rings is 1. The smallest absolute Gasteiger partial charge is 0.234 e. The molecule has 1 aromatic heterocycles. The molecule has 1 aliphatic rings. The maximum atomic E-state index is 13.7. The fourth-order valence-electron chi connectivity index (χ4n) is 3.19. The number of amides is 1. The highest BCUT2D eigenvalue weighted by molar-refractivity contribution is 5.78. The van der Waals surface area contributed by atoms with Crippen molar-refractivity contribution in [1.29, 1.82) is 0 Å². The highest BCUT2D eigenvalue weighted by Gasteiger charge is 2.30. The molecule has 0 saturated heterocycles. The van der Waals surface area contributed by atoms with Crippen LogP contribution in [0.15, 0.2) is 42.6 Å². The summed E-state index contributed by atoms with van der Waals surface area (Å²) in [6.45, 7) is 2.81. The summed E-state index contributed by atoms with van der Waals surface area (Å²) in [4.78, 5) is 14.3. The van der Waals surface area contributed by atoms with Crippen LogP contribution in [0.1, 0.15) is 17.3 Å². The molecule has 1 unspecified atom stereocenters. The van der Waals surface area contributed by atoms with Crippen LogP contribution in [0, 0.1) is 5.82 Å². The van der Waals surface area contributed by atoms with Gasteiger partial charge in [0, 0.05) is 38.6 Å². The van der Waals surface area contributed by atoms with Gasteiger partial charge >= 0.3 is 0 Å². The van der Waals surface area contributed by atoms with Crippen molar-refractivity contribution >= 4 is 5.91 Å². The van der Waals surface area contributed by atoms with E-state index in [2.05, 4.69) is 14.8 Å². The van der Waals surface area contributed by atoms with Crippen LogP contribution in [0.4, 0.5) is 4.39 Å². The number of methoxy groups -OCH3 is 1. The Kier molecular flexibility index (Phi) is 5.27. The van der Waals surface area contributed by atoms with E-state index in [4.69, 9.17) is 4.74 Å². The number of nitrogens with one attached hydrogen (secondary N) is 1. The third kappa shape index (κ3) is 3.66. The van der Waals surface area contributed by atoms with E-state index in [1.54, 1.807) is 19.2 Å². The van der Waals surface area contributed by atoms with E-state index in [0.717, 1.165) is 24.3 Å². The second-order valence-electron chi connectivity index (χ2n) is 5.90. The number of nitrogens with zero attached hydrogens (tertiary/aromatic N) is 2. The Labute approximate surface area is 141 Å². The molecule has 1 N–H and O–H groups in total. The zero-order chi connectivity index (χ0) is 16.9. The van der Waals surface area contributed by atoms with E-state index >= 15 is 0 Å². The first-order valence-electron chi connectivity index (χ1n) is 8.09. The Balaban J connectivity index is 1.81. The lowest BCUT2D eigenvalue weighted by molar-refractivity contribution is -0.123. The maximum absolute atomic E-state index is 13.7. The Morgan fingerprint density at radius 2 is 2.21 bits per heavy atom. The van der Waals surface area contributed by atoms with Crippen LogP contribution in [-0.2, 0) is 16.1 Å². The number of aromatic nitrogens is 1. The van der Waals surface area contributed by atoms with Gasteiger partial charge in [0.2, 0.25) is 5.91 Å². The van der Waals surface area contributed by atoms with E-state index in [9.17, 15) is 9.18 Å². The summed E-state index contributed by atoms with van der Waals surface area (Å²) in [6, 6.07) is 10.5. The summed E-state index contributed by atoms with van der Waals surface area (Å²) in [7, 11) is 1.60. The van der Waals surface area contributed by atoms with Crippen molar-refractivity contribution in [3.05, 3.63) is 59.7 Å². The lowest BCUT2D eigenvalue weighted by Gasteiger charge is -2.36. The standard InChI is InChI=1S/C18H22FN3O2/c1-24-11-7-20-17(23)13-22-10-9-21-8-3-6-16(21)18(22)14-4-2-5-15(19)12-14/h2-6,8,12,18H,7,9-11,13H2,1H3,(H,20,23). The van der Waals surface area contributed by atoms with Gasteiger partial charge in [0.15, 0.2) is 0 Å². The molecule has 1 aliphatic heterocycles. The van der Waals surface area contributed by atoms with Gasteiger partial charge in [0.1, 0.15) is 5.82 Å². The molecule has 0 aliphatic carbocycles. The molecule has 128 valence electrons. The summed E-state index contributed by atoms with van der Waals surface area (Å²) in [6.07, 6.45) is 2.03. The first kappa shape index (κ1) is 16.7. The SMILES string of the molecule is COCCNC(=O)CN1CCn2cccc2C1c1cccc(F)c1. The van der Waals surface area contributed by atoms with Crippen molar-refractivity contribution in [2.24, 2.45) is 0 Å². The van der Waals surface area contributed by atoms with Gasteiger partial charge in [-0.05, 0) is 29.8 Å². The summed E-state index contributed by atoms with van der Waals surface area (Å²) in [5, 5.41) is 2.85. The minimum Gasteiger partial charge on any atom is -0.383 e. The summed E-state index contributed by atoms with van der Waals surface area (Å²) in [5.41, 5.74) is 1.94. The van der Waals surface area contributed by atoms with Crippen LogP contribution in [0.5, 0.6) is 0 Å². The van der Waals surface area contributed by atoms with E-state index in [1.807, 2.05) is 24.4 Å². The molecular weight excluding hydrogens is 309 g/mol. The zero-order valence-electron chi connectivity index (χ0n) is 13.7. The summed E-state index contributed by atoms with van der Waals surface area (Å²) < 4.78 is 20.8. The Bertz CT molecular complexity index is 701. The van der Waals surface area contributed by atoms with Crippen molar-refractivity contribution in [3.8, 4) is 0 Å². The molecule has 2 aromatic rings. The number of hydrogen-bond acceptors (Lipinski definition) is 3. The molecule has 3 rings (SSSR count). The van der Waals surface area contributed by atoms with Gasteiger partial charge in [0.25, 0.3) is 0 Å². The van der Waals surface area contributed by atoms with Crippen LogP contribution in [0.3, 0.4) is 0 Å². The largest absolute Gasteiger partial charge is 0.383 e. The third-order valence-corrected chi connectivity index (χ3v) is 4.28. The monoisotopic (exact) mass is 331 g/mol. The number of carbonyl (C=O) groups excluding carboxylic acids is 1. The summed E-state index contributed by atoms with van der Waals surface area (Å²) in [5.74, 6) is -0.311. The molecule has 0 fully saturated rings. The van der Waals surface area contributed by atoms with Gasteiger partial charge < -0.3 is 14.6 Å². The van der Waals surface area contributed by atoms with Gasteiger partial charge in [-0.2, -0.15) is 0 Å². The second-order valence-corrected chi connectivity index (χ2v) is 5.90. The maximum Gasteiger partial charge on any atom is 0.234 e. The molecule has 24 heavy (non-hydrogen) atoms. The average molecular weight is 331 g/mol. The number of hydrogen-bond donors (Lipinski definition) is 1. The Morgan fingerprint density at radius 3 is 3.00 bits per heavy atom. The predicted molar refractivity (Wildman–Crippen MR) is 89.1 cm³/mol. The van der Waals surface area contributed by atoms with Crippen LogP contribution < -0.4 is 5.32 Å². The molecular formula is C18H22FN3O2. The van der Waals surface area contributed by atoms with Gasteiger partial charge in [-0.15, -0.1) is 0 Å². The molecule has 1 atom stereocenters. The molecule has 0 bridgehead atoms. The minimum absolute atomic E-state index is 0.0477. The van der Waals surface area contributed by atoms with Gasteiger partial charge in [-0.25, -0.2) is 4.39 Å². The highest BCUT2D eigenvalue weighted by Crippen LogP contribution is 2.32. The van der Waals surface area contributed by atoms with Crippen molar-refractivity contribution in [2.75, 3.05) is 33.4 Å². The molecule has 1 amide bonds. The molecule has 2 heterocycles. The number of halogens is 1. The van der Waals surface area contributed by atoms with Crippen LogP contribution >= 0.6 is 0 Å². The normalized spacial score (nSPS) is 17.5. The van der Waals surface area contributed by atoms with Crippen molar-refractivity contribution in [1.82, 2.24) is 14.8 Å². The number of fused-ring (bicyclic) bond motifs is 1. The quantitative estimate of drug-likeness (QED) is 0.821. The first-order chi connectivity index (χ1) is 11.7. The summed E-state index contributed by atoms with van der Waals surface area (Å²) >= 11 is 0. The van der Waals surface area contributed by atoms with E-state index in [1.165, 1.54) is 6.07 Å². The molecule has 0 radical (unpaired) electrons. The van der Waals surface area contributed by atoms with E-state index in [0.29, 0.717) is 13.2 Å². The first-order valence-corrected chi connectivity index (χ1v) is 8.09.